The molecule has 132 valence electrons. The van der Waals surface area contributed by atoms with E-state index in [2.05, 4.69) is 20.8 Å². The zero-order valence-electron chi connectivity index (χ0n) is 14.1. The van der Waals surface area contributed by atoms with Crippen LogP contribution >= 0.6 is 11.6 Å². The minimum absolute atomic E-state index is 0.206. The molecule has 1 amide bonds. The number of aromatic nitrogens is 2. The fourth-order valence-corrected chi connectivity index (χ4v) is 2.36. The molecule has 26 heavy (non-hydrogen) atoms. The molecular formula is C19H17ClN4O2. The van der Waals surface area contributed by atoms with Crippen LogP contribution < -0.4 is 15.4 Å². The van der Waals surface area contributed by atoms with E-state index in [4.69, 9.17) is 16.3 Å². The van der Waals surface area contributed by atoms with Gasteiger partial charge < -0.3 is 15.4 Å². The van der Waals surface area contributed by atoms with Crippen molar-refractivity contribution >= 4 is 34.7 Å². The fourth-order valence-electron chi connectivity index (χ4n) is 2.24. The van der Waals surface area contributed by atoms with E-state index in [0.717, 1.165) is 5.69 Å². The second-order valence-corrected chi connectivity index (χ2v) is 5.76. The third kappa shape index (κ3) is 4.49. The van der Waals surface area contributed by atoms with E-state index in [1.165, 1.54) is 0 Å². The molecule has 3 aromatic rings. The molecule has 2 aromatic carbocycles. The van der Waals surface area contributed by atoms with Crippen LogP contribution in [0.2, 0.25) is 5.02 Å². The molecule has 1 aromatic heterocycles. The molecule has 0 aliphatic carbocycles. The van der Waals surface area contributed by atoms with Crippen LogP contribution in [0, 0.1) is 0 Å². The highest BCUT2D eigenvalue weighted by Crippen LogP contribution is 2.24. The predicted molar refractivity (Wildman–Crippen MR) is 102 cm³/mol. The normalized spacial score (nSPS) is 10.2. The second kappa shape index (κ2) is 8.31. The number of para-hydroxylation sites is 2. The van der Waals surface area contributed by atoms with Crippen molar-refractivity contribution in [2.24, 2.45) is 0 Å². The summed E-state index contributed by atoms with van der Waals surface area (Å²) in [6, 6.07) is 17.7. The van der Waals surface area contributed by atoms with Crippen LogP contribution in [-0.4, -0.2) is 22.7 Å². The van der Waals surface area contributed by atoms with Gasteiger partial charge in [0.15, 0.2) is 11.5 Å². The van der Waals surface area contributed by atoms with Crippen LogP contribution in [0.1, 0.15) is 17.4 Å². The van der Waals surface area contributed by atoms with E-state index in [1.807, 2.05) is 31.2 Å². The number of nitrogens with zero attached hydrogens (tertiary/aromatic N) is 2. The molecule has 6 nitrogen and oxygen atoms in total. The summed E-state index contributed by atoms with van der Waals surface area (Å²) in [6.07, 6.45) is 0. The van der Waals surface area contributed by atoms with Crippen LogP contribution in [0.25, 0.3) is 0 Å². The standard InChI is InChI=1S/C19H17ClN4O2/c1-2-26-17-6-4-3-5-15(17)22-19(25)16-11-12-18(24-23-16)21-14-9-7-13(20)8-10-14/h3-12H,2H2,1H3,(H,21,24)(H,22,25). The Hall–Kier alpha value is -3.12. The molecule has 0 bridgehead atoms. The molecular weight excluding hydrogens is 352 g/mol. The smallest absolute Gasteiger partial charge is 0.276 e. The van der Waals surface area contributed by atoms with Gasteiger partial charge in [0.05, 0.1) is 12.3 Å². The second-order valence-electron chi connectivity index (χ2n) is 5.32. The Morgan fingerprint density at radius 3 is 2.50 bits per heavy atom. The van der Waals surface area contributed by atoms with Crippen LogP contribution in [0.5, 0.6) is 5.75 Å². The van der Waals surface area contributed by atoms with E-state index < -0.39 is 0 Å². The van der Waals surface area contributed by atoms with Crippen LogP contribution in [-0.2, 0) is 0 Å². The van der Waals surface area contributed by atoms with Gasteiger partial charge in [0, 0.05) is 10.7 Å². The molecule has 0 atom stereocenters. The maximum atomic E-state index is 12.4. The van der Waals surface area contributed by atoms with Crippen molar-refractivity contribution in [3.05, 3.63) is 71.4 Å². The Morgan fingerprint density at radius 2 is 1.81 bits per heavy atom. The van der Waals surface area contributed by atoms with E-state index in [-0.39, 0.29) is 11.6 Å². The lowest BCUT2D eigenvalue weighted by atomic mass is 10.2. The van der Waals surface area contributed by atoms with Crippen LogP contribution in [0.15, 0.2) is 60.7 Å². The first-order chi connectivity index (χ1) is 12.7. The van der Waals surface area contributed by atoms with Gasteiger partial charge in [0.1, 0.15) is 5.75 Å². The lowest BCUT2D eigenvalue weighted by molar-refractivity contribution is 0.102. The number of hydrogen-bond acceptors (Lipinski definition) is 5. The average Bonchev–Trinajstić information content (AvgIpc) is 2.66. The zero-order chi connectivity index (χ0) is 18.4. The molecule has 0 unspecified atom stereocenters. The summed E-state index contributed by atoms with van der Waals surface area (Å²) in [4.78, 5) is 12.4. The van der Waals surface area contributed by atoms with Gasteiger partial charge in [0.25, 0.3) is 5.91 Å². The maximum Gasteiger partial charge on any atom is 0.276 e. The number of halogens is 1. The maximum absolute atomic E-state index is 12.4. The quantitative estimate of drug-likeness (QED) is 0.668. The monoisotopic (exact) mass is 368 g/mol. The molecule has 7 heteroatoms. The number of nitrogens with one attached hydrogen (secondary N) is 2. The van der Waals surface area contributed by atoms with Gasteiger partial charge in [-0.05, 0) is 55.5 Å². The third-order valence-electron chi connectivity index (χ3n) is 3.45. The zero-order valence-corrected chi connectivity index (χ0v) is 14.8. The first-order valence-electron chi connectivity index (χ1n) is 8.05. The molecule has 3 rings (SSSR count). The summed E-state index contributed by atoms with van der Waals surface area (Å²) in [5.41, 5.74) is 1.62. The summed E-state index contributed by atoms with van der Waals surface area (Å²) in [7, 11) is 0. The Bertz CT molecular complexity index is 883. The summed E-state index contributed by atoms with van der Waals surface area (Å²) < 4.78 is 5.50. The lowest BCUT2D eigenvalue weighted by Crippen LogP contribution is -2.15. The van der Waals surface area contributed by atoms with Crippen molar-refractivity contribution in [2.45, 2.75) is 6.92 Å². The van der Waals surface area contributed by atoms with Gasteiger partial charge in [0.2, 0.25) is 0 Å². The first kappa shape index (κ1) is 17.7. The van der Waals surface area contributed by atoms with E-state index >= 15 is 0 Å². The van der Waals surface area contributed by atoms with Gasteiger partial charge in [-0.2, -0.15) is 0 Å². The Labute approximate surface area is 156 Å². The number of carbonyl (C=O) groups excluding carboxylic acids is 1. The van der Waals surface area contributed by atoms with Crippen molar-refractivity contribution in [2.75, 3.05) is 17.2 Å². The van der Waals surface area contributed by atoms with Crippen LogP contribution in [0.3, 0.4) is 0 Å². The number of ether oxygens (including phenoxy) is 1. The largest absolute Gasteiger partial charge is 0.492 e. The molecule has 0 saturated carbocycles. The van der Waals surface area contributed by atoms with Gasteiger partial charge >= 0.3 is 0 Å². The summed E-state index contributed by atoms with van der Waals surface area (Å²) in [6.45, 7) is 2.40. The number of amides is 1. The number of anilines is 3. The highest BCUT2D eigenvalue weighted by Gasteiger charge is 2.11. The van der Waals surface area contributed by atoms with E-state index in [9.17, 15) is 4.79 Å². The van der Waals surface area contributed by atoms with E-state index in [1.54, 1.807) is 36.4 Å². The van der Waals surface area contributed by atoms with Crippen molar-refractivity contribution in [3.63, 3.8) is 0 Å². The molecule has 0 spiro atoms. The van der Waals surface area contributed by atoms with Crippen molar-refractivity contribution in [3.8, 4) is 5.75 Å². The molecule has 1 heterocycles. The molecule has 0 saturated heterocycles. The molecule has 0 radical (unpaired) electrons. The number of carbonyl (C=O) groups is 1. The number of hydrogen-bond donors (Lipinski definition) is 2. The molecule has 0 aliphatic heterocycles. The SMILES string of the molecule is CCOc1ccccc1NC(=O)c1ccc(Nc2ccc(Cl)cc2)nn1. The number of benzene rings is 2. The molecule has 0 aliphatic rings. The van der Waals surface area contributed by atoms with E-state index in [0.29, 0.717) is 28.9 Å². The Kier molecular flexibility index (Phi) is 5.66. The van der Waals surface area contributed by atoms with Gasteiger partial charge in [-0.1, -0.05) is 23.7 Å². The van der Waals surface area contributed by atoms with Crippen molar-refractivity contribution < 1.29 is 9.53 Å². The Morgan fingerprint density at radius 1 is 1.04 bits per heavy atom. The molecule has 0 fully saturated rings. The Balaban J connectivity index is 1.68. The fraction of sp³-hybridized carbons (Fsp3) is 0.105. The van der Waals surface area contributed by atoms with Gasteiger partial charge in [-0.15, -0.1) is 10.2 Å². The minimum Gasteiger partial charge on any atom is -0.492 e. The summed E-state index contributed by atoms with van der Waals surface area (Å²) >= 11 is 5.86. The topological polar surface area (TPSA) is 76.1 Å². The van der Waals surface area contributed by atoms with Crippen molar-refractivity contribution in [1.82, 2.24) is 10.2 Å². The van der Waals surface area contributed by atoms with Crippen LogP contribution in [0.4, 0.5) is 17.2 Å². The average molecular weight is 369 g/mol. The highest BCUT2D eigenvalue weighted by atomic mass is 35.5. The predicted octanol–water partition coefficient (Wildman–Crippen LogP) is 4.52. The minimum atomic E-state index is -0.359. The highest BCUT2D eigenvalue weighted by molar-refractivity contribution is 6.30. The van der Waals surface area contributed by atoms with Crippen molar-refractivity contribution in [1.29, 1.82) is 0 Å². The first-order valence-corrected chi connectivity index (χ1v) is 8.43. The molecule has 2 N–H and O–H groups in total. The van der Waals surface area contributed by atoms with Gasteiger partial charge in [-0.3, -0.25) is 4.79 Å². The summed E-state index contributed by atoms with van der Waals surface area (Å²) in [5, 5.41) is 14.5. The third-order valence-corrected chi connectivity index (χ3v) is 3.70. The lowest BCUT2D eigenvalue weighted by Gasteiger charge is -2.11. The number of rotatable bonds is 6. The summed E-state index contributed by atoms with van der Waals surface area (Å²) in [5.74, 6) is 0.776. The van der Waals surface area contributed by atoms with Gasteiger partial charge in [-0.25, -0.2) is 0 Å².